The molecule has 0 spiro atoms. The highest BCUT2D eigenvalue weighted by Gasteiger charge is 2.33. The first-order chi connectivity index (χ1) is 12.7. The molecule has 1 aromatic rings. The van der Waals surface area contributed by atoms with Gasteiger partial charge in [-0.15, -0.1) is 0 Å². The van der Waals surface area contributed by atoms with Crippen molar-refractivity contribution in [2.45, 2.75) is 83.8 Å². The molecule has 0 amide bonds. The number of ether oxygens (including phenoxy) is 2. The molecule has 26 heavy (non-hydrogen) atoms. The molecule has 1 aliphatic heterocycles. The highest BCUT2D eigenvalue weighted by molar-refractivity contribution is 5.10. The Labute approximate surface area is 156 Å². The molecule has 0 unspecified atom stereocenters. The lowest BCUT2D eigenvalue weighted by Gasteiger charge is -2.37. The summed E-state index contributed by atoms with van der Waals surface area (Å²) < 4.78 is 26.0. The number of rotatable bonds is 7. The molecule has 146 valence electrons. The number of nitrogens with zero attached hydrogens (tertiary/aromatic N) is 2. The van der Waals surface area contributed by atoms with E-state index in [1.807, 2.05) is 6.92 Å². The van der Waals surface area contributed by atoms with Gasteiger partial charge in [0.25, 0.3) is 0 Å². The van der Waals surface area contributed by atoms with Crippen LogP contribution >= 0.6 is 0 Å². The molecule has 2 fully saturated rings. The van der Waals surface area contributed by atoms with Crippen LogP contribution in [0.25, 0.3) is 0 Å². The first-order valence-corrected chi connectivity index (χ1v) is 10.5. The Bertz CT molecular complexity index is 553. The molecule has 0 atom stereocenters. The van der Waals surface area contributed by atoms with E-state index in [1.54, 1.807) is 6.20 Å². The normalized spacial score (nSPS) is 29.7. The van der Waals surface area contributed by atoms with Crippen LogP contribution in [-0.4, -0.2) is 29.5 Å². The standard InChI is InChI=1S/C21H33FN2O2/c1-3-5-6-7-15-13-25-21(26-14-15)18-10-8-17(9-11-18)20-23-12-16(4-2)19(22)24-20/h12,15,17-18,21H,3-11,13-14H2,1-2H3/t15-,17?,18?,21-. The van der Waals surface area contributed by atoms with Gasteiger partial charge in [0, 0.05) is 29.5 Å². The number of halogens is 1. The van der Waals surface area contributed by atoms with E-state index in [0.717, 1.165) is 38.9 Å². The van der Waals surface area contributed by atoms with E-state index in [0.29, 0.717) is 29.6 Å². The van der Waals surface area contributed by atoms with Crippen molar-refractivity contribution >= 4 is 0 Å². The fourth-order valence-electron chi connectivity index (χ4n) is 4.16. The van der Waals surface area contributed by atoms with Gasteiger partial charge in [0.1, 0.15) is 5.82 Å². The average Bonchev–Trinajstić information content (AvgIpc) is 2.69. The SMILES string of the molecule is CCCCC[C@H]1CO[C@H](C2CCC(c3ncc(CC)c(F)n3)CC2)OC1. The van der Waals surface area contributed by atoms with Crippen LogP contribution in [0.2, 0.25) is 0 Å². The third kappa shape index (κ3) is 5.01. The summed E-state index contributed by atoms with van der Waals surface area (Å²) in [5, 5.41) is 0. The molecule has 3 rings (SSSR count). The molecule has 2 heterocycles. The van der Waals surface area contributed by atoms with Crippen LogP contribution in [0, 0.1) is 17.8 Å². The molecule has 1 saturated heterocycles. The third-order valence-electron chi connectivity index (χ3n) is 5.94. The fourth-order valence-corrected chi connectivity index (χ4v) is 4.16. The molecule has 1 saturated carbocycles. The molecule has 2 aliphatic rings. The summed E-state index contributed by atoms with van der Waals surface area (Å²) in [4.78, 5) is 8.51. The Morgan fingerprint density at radius 3 is 2.42 bits per heavy atom. The van der Waals surface area contributed by atoms with Crippen molar-refractivity contribution in [1.82, 2.24) is 9.97 Å². The zero-order valence-electron chi connectivity index (χ0n) is 16.3. The van der Waals surface area contributed by atoms with Crippen LogP contribution in [0.5, 0.6) is 0 Å². The number of aryl methyl sites for hydroxylation is 1. The first-order valence-electron chi connectivity index (χ1n) is 10.5. The Morgan fingerprint density at radius 1 is 1.08 bits per heavy atom. The molecule has 1 aromatic heterocycles. The largest absolute Gasteiger partial charge is 0.352 e. The lowest BCUT2D eigenvalue weighted by molar-refractivity contribution is -0.229. The predicted octanol–water partition coefficient (Wildman–Crippen LogP) is 5.02. The van der Waals surface area contributed by atoms with E-state index in [9.17, 15) is 4.39 Å². The number of aromatic nitrogens is 2. The Morgan fingerprint density at radius 2 is 1.81 bits per heavy atom. The van der Waals surface area contributed by atoms with Crippen LogP contribution < -0.4 is 0 Å². The lowest BCUT2D eigenvalue weighted by atomic mass is 9.81. The summed E-state index contributed by atoms with van der Waals surface area (Å²) >= 11 is 0. The smallest absolute Gasteiger partial charge is 0.219 e. The van der Waals surface area contributed by atoms with Gasteiger partial charge in [-0.3, -0.25) is 0 Å². The van der Waals surface area contributed by atoms with E-state index in [2.05, 4.69) is 16.9 Å². The summed E-state index contributed by atoms with van der Waals surface area (Å²) in [6.45, 7) is 5.82. The molecule has 0 aromatic carbocycles. The molecular formula is C21H33FN2O2. The van der Waals surface area contributed by atoms with Gasteiger partial charge in [0.05, 0.1) is 13.2 Å². The summed E-state index contributed by atoms with van der Waals surface area (Å²) in [5.74, 6) is 1.58. The number of unbranched alkanes of at least 4 members (excludes halogenated alkanes) is 2. The van der Waals surface area contributed by atoms with Crippen molar-refractivity contribution in [3.63, 3.8) is 0 Å². The van der Waals surface area contributed by atoms with Crippen molar-refractivity contribution < 1.29 is 13.9 Å². The maximum Gasteiger partial charge on any atom is 0.219 e. The molecule has 5 heteroatoms. The van der Waals surface area contributed by atoms with Crippen LogP contribution in [-0.2, 0) is 15.9 Å². The van der Waals surface area contributed by atoms with E-state index in [4.69, 9.17) is 9.47 Å². The fraction of sp³-hybridized carbons (Fsp3) is 0.810. The van der Waals surface area contributed by atoms with Gasteiger partial charge in [-0.25, -0.2) is 9.97 Å². The van der Waals surface area contributed by atoms with Crippen molar-refractivity contribution in [1.29, 1.82) is 0 Å². The summed E-state index contributed by atoms with van der Waals surface area (Å²) in [6, 6.07) is 0. The monoisotopic (exact) mass is 364 g/mol. The predicted molar refractivity (Wildman–Crippen MR) is 99.4 cm³/mol. The quantitative estimate of drug-likeness (QED) is 0.503. The van der Waals surface area contributed by atoms with Gasteiger partial charge in [-0.05, 0) is 38.5 Å². The first kappa shape index (κ1) is 19.7. The summed E-state index contributed by atoms with van der Waals surface area (Å²) in [6.07, 6.45) is 11.3. The van der Waals surface area contributed by atoms with Crippen molar-refractivity contribution in [2.24, 2.45) is 11.8 Å². The van der Waals surface area contributed by atoms with Gasteiger partial charge in [0.2, 0.25) is 5.95 Å². The zero-order valence-corrected chi connectivity index (χ0v) is 16.3. The second-order valence-corrected chi connectivity index (χ2v) is 7.91. The molecule has 4 nitrogen and oxygen atoms in total. The van der Waals surface area contributed by atoms with E-state index < -0.39 is 0 Å². The van der Waals surface area contributed by atoms with Crippen LogP contribution in [0.3, 0.4) is 0 Å². The van der Waals surface area contributed by atoms with Crippen molar-refractivity contribution in [3.8, 4) is 0 Å². The highest BCUT2D eigenvalue weighted by Crippen LogP contribution is 2.38. The van der Waals surface area contributed by atoms with E-state index in [1.165, 1.54) is 25.7 Å². The maximum absolute atomic E-state index is 13.9. The zero-order chi connectivity index (χ0) is 18.4. The number of hydrogen-bond acceptors (Lipinski definition) is 4. The second kappa shape index (κ2) is 9.75. The van der Waals surface area contributed by atoms with Gasteiger partial charge in [0.15, 0.2) is 6.29 Å². The molecule has 0 N–H and O–H groups in total. The molecule has 1 aliphatic carbocycles. The second-order valence-electron chi connectivity index (χ2n) is 7.91. The Kier molecular flexibility index (Phi) is 7.38. The van der Waals surface area contributed by atoms with Crippen LogP contribution in [0.4, 0.5) is 4.39 Å². The maximum atomic E-state index is 13.9. The molecular weight excluding hydrogens is 331 g/mol. The van der Waals surface area contributed by atoms with E-state index in [-0.39, 0.29) is 18.2 Å². The topological polar surface area (TPSA) is 44.2 Å². The van der Waals surface area contributed by atoms with Crippen LogP contribution in [0.15, 0.2) is 6.20 Å². The highest BCUT2D eigenvalue weighted by atomic mass is 19.1. The summed E-state index contributed by atoms with van der Waals surface area (Å²) in [7, 11) is 0. The third-order valence-corrected chi connectivity index (χ3v) is 5.94. The van der Waals surface area contributed by atoms with Crippen molar-refractivity contribution in [3.05, 3.63) is 23.5 Å². The molecule has 0 bridgehead atoms. The summed E-state index contributed by atoms with van der Waals surface area (Å²) in [5.41, 5.74) is 0.597. The lowest BCUT2D eigenvalue weighted by Crippen LogP contribution is -2.38. The average molecular weight is 365 g/mol. The van der Waals surface area contributed by atoms with Crippen LogP contribution in [0.1, 0.15) is 82.5 Å². The van der Waals surface area contributed by atoms with Gasteiger partial charge >= 0.3 is 0 Å². The number of hydrogen-bond donors (Lipinski definition) is 0. The minimum absolute atomic E-state index is 0.0569. The van der Waals surface area contributed by atoms with E-state index >= 15 is 0 Å². The Balaban J connectivity index is 1.43. The van der Waals surface area contributed by atoms with Gasteiger partial charge in [-0.2, -0.15) is 4.39 Å². The minimum Gasteiger partial charge on any atom is -0.352 e. The van der Waals surface area contributed by atoms with Crippen molar-refractivity contribution in [2.75, 3.05) is 13.2 Å². The van der Waals surface area contributed by atoms with Gasteiger partial charge < -0.3 is 9.47 Å². The van der Waals surface area contributed by atoms with Gasteiger partial charge in [-0.1, -0.05) is 33.1 Å². The Hall–Kier alpha value is -1.07. The molecule has 0 radical (unpaired) electrons. The minimum atomic E-state index is -0.354.